The number of aliphatic hydroxyl groups is 1. The highest BCUT2D eigenvalue weighted by Crippen LogP contribution is 2.23. The van der Waals surface area contributed by atoms with Crippen molar-refractivity contribution in [3.63, 3.8) is 0 Å². The molecule has 35 heteroatoms. The van der Waals surface area contributed by atoms with Gasteiger partial charge in [0.15, 0.2) is 5.96 Å². The molecule has 6 aromatic rings. The predicted octanol–water partition coefficient (Wildman–Crippen LogP) is 1.06. The molecule has 34 nitrogen and oxygen atoms in total. The number of guanidine groups is 1. The lowest BCUT2D eigenvalue weighted by atomic mass is 9.99. The number of nitrogen functional groups attached to an aromatic ring is 1. The van der Waals surface area contributed by atoms with Crippen LogP contribution in [0.15, 0.2) is 139 Å². The monoisotopic (exact) mass is 1590 g/mol. The van der Waals surface area contributed by atoms with Crippen molar-refractivity contribution in [1.29, 1.82) is 0 Å². The number of rotatable bonds is 44. The predicted molar refractivity (Wildman–Crippen MR) is 424 cm³/mol. The van der Waals surface area contributed by atoms with Crippen LogP contribution in [-0.2, 0) is 72.0 Å². The number of hydrogen-bond donors (Lipinski definition) is 16. The van der Waals surface area contributed by atoms with Crippen molar-refractivity contribution in [3.8, 4) is 0 Å². The number of nitrogens with zero attached hydrogens (tertiary/aromatic N) is 5. The van der Waals surface area contributed by atoms with Gasteiger partial charge in [0.05, 0.1) is 12.2 Å². The number of carboxylic acids is 1. The van der Waals surface area contributed by atoms with E-state index in [1.165, 1.54) is 61.7 Å². The molecule has 19 N–H and O–H groups in total. The second-order valence-corrected chi connectivity index (χ2v) is 28.6. The van der Waals surface area contributed by atoms with E-state index in [0.717, 1.165) is 10.8 Å². The zero-order valence-corrected chi connectivity index (χ0v) is 64.8. The zero-order chi connectivity index (χ0) is 82.8. The van der Waals surface area contributed by atoms with E-state index in [2.05, 4.69) is 78.4 Å². The van der Waals surface area contributed by atoms with E-state index in [-0.39, 0.29) is 139 Å². The van der Waals surface area contributed by atoms with Crippen molar-refractivity contribution >= 4 is 111 Å². The molecule has 114 heavy (non-hydrogen) atoms. The van der Waals surface area contributed by atoms with Crippen molar-refractivity contribution < 1.29 is 72.5 Å². The Bertz CT molecular complexity index is 4330. The van der Waals surface area contributed by atoms with E-state index in [1.807, 2.05) is 42.5 Å². The molecule has 0 unspecified atom stereocenters. The molecule has 3 aromatic carbocycles. The summed E-state index contributed by atoms with van der Waals surface area (Å²) < 4.78 is 0. The maximum atomic E-state index is 15.2. The van der Waals surface area contributed by atoms with Crippen LogP contribution in [-0.4, -0.2) is 206 Å². The molecule has 4 heterocycles. The van der Waals surface area contributed by atoms with E-state index in [9.17, 15) is 63.0 Å². The number of likely N-dealkylation sites (tertiary alicyclic amines) is 1. The smallest absolute Gasteiger partial charge is 0.325 e. The number of pyridine rings is 3. The molecule has 0 aliphatic carbocycles. The number of hydrogen-bond acceptors (Lipinski definition) is 19. The molecule has 10 atom stereocenters. The van der Waals surface area contributed by atoms with Crippen molar-refractivity contribution in [2.75, 3.05) is 38.5 Å². The largest absolute Gasteiger partial charge is 0.480 e. The van der Waals surface area contributed by atoms with Crippen molar-refractivity contribution in [2.45, 2.75) is 178 Å². The van der Waals surface area contributed by atoms with Crippen LogP contribution in [0.25, 0.3) is 10.8 Å². The molecule has 7 rings (SSSR count). The number of fused-ring (bicyclic) bond motifs is 1. The number of nitrogens with two attached hydrogens (primary N) is 3. The Kier molecular flexibility index (Phi) is 35.4. The van der Waals surface area contributed by atoms with E-state index < -0.39 is 144 Å². The molecular weight excluding hydrogens is 1490 g/mol. The molecule has 12 amide bonds. The standard InChI is InChI=1S/C79H102ClN19O15/c1-46(2)39-60(71(106)94-59(24-15-37-89-79(82)83)77(112)99-38-16-25-65(99)76(111)90-47(3)78(113)114)95-70(105)58(23-8-11-34-87-67(102)55-20-14-36-86-66(55)81)92-69(104)57(22-9-12-35-88-68(103)56-21-7-10-33-85-56)93-75(110)64(45-100)98-74(109)63(43-51-17-13-32-84-44-51)97-73(108)62(41-49-27-30-54(80)31-28-49)96-72(107)61(91-48(4)101)42-50-26-29-52-18-5-6-19-53(52)40-50/h5-7,10,13-14,17-21,26-33,36,40,44,46-47,57-65,100H,8-9,11-12,15-16,22-25,34-35,37-39,41-43,45H2,1-4H3,(H2,81,86)(H,87,102)(H,88,103)(H,90,111)(H,91,101)(H,92,104)(H,93,110)(H,94,106)(H,95,105)(H,96,107)(H,97,108)(H,98,109)(H,113,114)(H4,82,83,89)/t47-,57-,58-,59-,60-,61-,62-,63-,64-,65+/m0/s1. The van der Waals surface area contributed by atoms with Crippen LogP contribution in [0.1, 0.15) is 136 Å². The summed E-state index contributed by atoms with van der Waals surface area (Å²) in [6.07, 6.45) is 6.18. The average molecular weight is 1590 g/mol. The molecule has 3 aromatic heterocycles. The number of carboxylic acid groups (broad SMARTS) is 1. The van der Waals surface area contributed by atoms with Gasteiger partial charge in [0.2, 0.25) is 59.1 Å². The van der Waals surface area contributed by atoms with Gasteiger partial charge >= 0.3 is 5.97 Å². The van der Waals surface area contributed by atoms with Gasteiger partial charge < -0.3 is 90.8 Å². The number of benzene rings is 3. The molecular formula is C79H102ClN19O15. The van der Waals surface area contributed by atoms with Crippen molar-refractivity contribution in [2.24, 2.45) is 22.4 Å². The Hall–Kier alpha value is -12.2. The molecule has 1 fully saturated rings. The number of carbonyl (C=O) groups excluding carboxylic acids is 12. The third kappa shape index (κ3) is 28.8. The Balaban J connectivity index is 1.16. The maximum absolute atomic E-state index is 15.2. The van der Waals surface area contributed by atoms with Crippen LogP contribution in [0.5, 0.6) is 0 Å². The lowest BCUT2D eigenvalue weighted by Crippen LogP contribution is -2.61. The summed E-state index contributed by atoms with van der Waals surface area (Å²) in [4.78, 5) is 200. The molecule has 0 bridgehead atoms. The summed E-state index contributed by atoms with van der Waals surface area (Å²) >= 11 is 6.26. The highest BCUT2D eigenvalue weighted by atomic mass is 35.5. The van der Waals surface area contributed by atoms with E-state index in [1.54, 1.807) is 62.4 Å². The number of aliphatic carboxylic acids is 1. The SMILES string of the molecule is CC(=O)N[C@@H](Cc1ccc2ccccc2c1)C(=O)N[C@@H](Cc1ccc(Cl)cc1)C(=O)N[C@@H](Cc1cccnc1)C(=O)N[C@@H](CO)C(=O)N[C@@H](CCCCNC(=O)c1ccccn1)C(=O)N[C@@H](CCCCNC(=O)c1cccnc1N)C(=O)N[C@@H](CC(C)C)C(=O)N[C@@H](CCCN=C(N)N)C(=O)N1CCC[C@@H]1C(=O)N[C@@H](C)C(=O)O. The molecule has 610 valence electrons. The van der Waals surface area contributed by atoms with Crippen LogP contribution < -0.4 is 75.7 Å². The third-order valence-corrected chi connectivity index (χ3v) is 18.9. The second kappa shape index (κ2) is 45.3. The van der Waals surface area contributed by atoms with E-state index in [0.29, 0.717) is 28.1 Å². The number of aliphatic imine (C=N–C) groups is 1. The molecule has 0 saturated carbocycles. The maximum Gasteiger partial charge on any atom is 0.325 e. The Morgan fingerprint density at radius 1 is 0.544 bits per heavy atom. The number of unbranched alkanes of at least 4 members (excludes halogenated alkanes) is 2. The molecule has 0 radical (unpaired) electrons. The Labute approximate surface area is 664 Å². The van der Waals surface area contributed by atoms with Gasteiger partial charge in [0.25, 0.3) is 11.8 Å². The number of amides is 12. The van der Waals surface area contributed by atoms with Crippen LogP contribution >= 0.6 is 11.6 Å². The first-order valence-electron chi connectivity index (χ1n) is 37.8. The Morgan fingerprint density at radius 2 is 1.07 bits per heavy atom. The van der Waals surface area contributed by atoms with Crippen LogP contribution in [0.3, 0.4) is 0 Å². The number of aliphatic hydroxyl groups excluding tert-OH is 1. The van der Waals surface area contributed by atoms with Crippen molar-refractivity contribution in [1.82, 2.24) is 78.3 Å². The minimum Gasteiger partial charge on any atom is -0.480 e. The number of aromatic nitrogens is 3. The van der Waals surface area contributed by atoms with Crippen LogP contribution in [0.4, 0.5) is 5.82 Å². The zero-order valence-electron chi connectivity index (χ0n) is 64.0. The van der Waals surface area contributed by atoms with Gasteiger partial charge in [0.1, 0.15) is 71.9 Å². The van der Waals surface area contributed by atoms with Crippen LogP contribution in [0.2, 0.25) is 5.02 Å². The lowest BCUT2D eigenvalue weighted by molar-refractivity contribution is -0.144. The minimum atomic E-state index is -1.86. The summed E-state index contributed by atoms with van der Waals surface area (Å²) in [7, 11) is 0. The van der Waals surface area contributed by atoms with Gasteiger partial charge in [-0.25, -0.2) is 4.98 Å². The summed E-state index contributed by atoms with van der Waals surface area (Å²) in [5.41, 5.74) is 19.0. The molecule has 1 aliphatic rings. The second-order valence-electron chi connectivity index (χ2n) is 28.1. The van der Waals surface area contributed by atoms with Crippen molar-refractivity contribution in [3.05, 3.63) is 167 Å². The first-order chi connectivity index (χ1) is 54.6. The van der Waals surface area contributed by atoms with Gasteiger partial charge in [0, 0.05) is 82.2 Å². The van der Waals surface area contributed by atoms with Gasteiger partial charge in [-0.1, -0.05) is 92.2 Å². The average Bonchev–Trinajstić information content (AvgIpc) is 1.52. The van der Waals surface area contributed by atoms with Gasteiger partial charge in [-0.3, -0.25) is 77.3 Å². The van der Waals surface area contributed by atoms with E-state index >= 15 is 9.59 Å². The normalized spacial score (nSPS) is 14.8. The topological polar surface area (TPSA) is 527 Å². The first-order valence-corrected chi connectivity index (χ1v) is 38.1. The van der Waals surface area contributed by atoms with Gasteiger partial charge in [-0.2, -0.15) is 0 Å². The molecule has 1 aliphatic heterocycles. The fourth-order valence-corrected chi connectivity index (χ4v) is 12.8. The number of anilines is 1. The summed E-state index contributed by atoms with van der Waals surface area (Å²) in [6.45, 7) is 5.16. The number of halogens is 1. The minimum absolute atomic E-state index is 0.0162. The number of carbonyl (C=O) groups is 13. The summed E-state index contributed by atoms with van der Waals surface area (Å²) in [5.74, 6) is -11.4. The summed E-state index contributed by atoms with van der Waals surface area (Å²) in [5, 5.41) is 52.3. The highest BCUT2D eigenvalue weighted by molar-refractivity contribution is 6.30. The third-order valence-electron chi connectivity index (χ3n) is 18.7. The molecule has 0 spiro atoms. The van der Waals surface area contributed by atoms with Gasteiger partial charge in [-0.05, 0) is 153 Å². The number of nitrogens with one attached hydrogen (secondary N) is 11. The Morgan fingerprint density at radius 3 is 1.66 bits per heavy atom. The fraction of sp³-hybridized carbons (Fsp3) is 0.430. The summed E-state index contributed by atoms with van der Waals surface area (Å²) in [6, 6.07) is 16.3. The quantitative estimate of drug-likeness (QED) is 0.0144. The van der Waals surface area contributed by atoms with Crippen LogP contribution in [0, 0.1) is 5.92 Å². The highest BCUT2D eigenvalue weighted by Gasteiger charge is 2.41. The van der Waals surface area contributed by atoms with E-state index in [4.69, 9.17) is 28.8 Å². The first kappa shape index (κ1) is 89.0. The van der Waals surface area contributed by atoms with Gasteiger partial charge in [-0.15, -0.1) is 0 Å². The lowest BCUT2D eigenvalue weighted by Gasteiger charge is -2.31. The molecule has 1 saturated heterocycles. The fourth-order valence-electron chi connectivity index (χ4n) is 12.7.